The van der Waals surface area contributed by atoms with Gasteiger partial charge >= 0.3 is 0 Å². The predicted octanol–water partition coefficient (Wildman–Crippen LogP) is 3.07. The van der Waals surface area contributed by atoms with Crippen LogP contribution in [-0.2, 0) is 6.54 Å². The molecule has 2 nitrogen and oxygen atoms in total. The first-order valence-electron chi connectivity index (χ1n) is 5.70. The molecular weight excluding hydrogens is 325 g/mol. The molecule has 0 aliphatic carbocycles. The van der Waals surface area contributed by atoms with Crippen molar-refractivity contribution in [3.63, 3.8) is 0 Å². The van der Waals surface area contributed by atoms with E-state index >= 15 is 0 Å². The molecule has 1 unspecified atom stereocenters. The van der Waals surface area contributed by atoms with E-state index in [1.165, 1.54) is 12.1 Å². The number of likely N-dealkylation sites (tertiary alicyclic amines) is 1. The van der Waals surface area contributed by atoms with Gasteiger partial charge < -0.3 is 5.73 Å². The zero-order valence-corrected chi connectivity index (χ0v) is 12.2. The van der Waals surface area contributed by atoms with Crippen LogP contribution in [0.3, 0.4) is 0 Å². The third-order valence-electron chi connectivity index (χ3n) is 3.27. The second-order valence-electron chi connectivity index (χ2n) is 4.32. The zero-order valence-electron chi connectivity index (χ0n) is 9.83. The molecule has 1 aliphatic rings. The number of hydrogen-bond donors (Lipinski definition) is 1. The Balaban J connectivity index is 0.00000162. The molecule has 18 heavy (non-hydrogen) atoms. The Labute approximate surface area is 120 Å². The molecule has 6 heteroatoms. The molecule has 0 radical (unpaired) electrons. The maximum Gasteiger partial charge on any atom is 0.144 e. The Hall–Kier alpha value is -0.230. The van der Waals surface area contributed by atoms with Crippen molar-refractivity contribution < 1.29 is 8.78 Å². The summed E-state index contributed by atoms with van der Waals surface area (Å²) >= 11 is 3.08. The van der Waals surface area contributed by atoms with Gasteiger partial charge in [-0.1, -0.05) is 0 Å². The van der Waals surface area contributed by atoms with E-state index < -0.39 is 11.6 Å². The Bertz CT molecular complexity index is 417. The van der Waals surface area contributed by atoms with Crippen molar-refractivity contribution in [3.8, 4) is 0 Å². The lowest BCUT2D eigenvalue weighted by molar-refractivity contribution is 0.243. The second kappa shape index (κ2) is 6.80. The van der Waals surface area contributed by atoms with Crippen molar-refractivity contribution in [2.45, 2.75) is 25.4 Å². The summed E-state index contributed by atoms with van der Waals surface area (Å²) < 4.78 is 27.7. The third-order valence-corrected chi connectivity index (χ3v) is 3.88. The molecule has 1 aliphatic heterocycles. The van der Waals surface area contributed by atoms with Gasteiger partial charge in [0.2, 0.25) is 0 Å². The van der Waals surface area contributed by atoms with E-state index in [0.717, 1.165) is 19.4 Å². The van der Waals surface area contributed by atoms with Gasteiger partial charge in [-0.15, -0.1) is 12.4 Å². The van der Waals surface area contributed by atoms with E-state index in [1.54, 1.807) is 0 Å². The molecule has 0 saturated carbocycles. The molecule has 0 amide bonds. The number of halogens is 4. The lowest BCUT2D eigenvalue weighted by atomic mass is 10.1. The Morgan fingerprint density at radius 1 is 1.39 bits per heavy atom. The normalized spacial score (nSPS) is 19.9. The van der Waals surface area contributed by atoms with E-state index in [0.29, 0.717) is 17.6 Å². The number of nitrogens with two attached hydrogens (primary N) is 1. The summed E-state index contributed by atoms with van der Waals surface area (Å²) in [6.07, 6.45) is 2.05. The summed E-state index contributed by atoms with van der Waals surface area (Å²) in [6.45, 7) is 1.68. The fourth-order valence-corrected chi connectivity index (χ4v) is 2.66. The summed E-state index contributed by atoms with van der Waals surface area (Å²) in [6, 6.07) is 2.92. The number of nitrogens with zero attached hydrogens (tertiary/aromatic N) is 1. The van der Waals surface area contributed by atoms with Crippen molar-refractivity contribution in [2.24, 2.45) is 5.73 Å². The van der Waals surface area contributed by atoms with Gasteiger partial charge in [-0.3, -0.25) is 4.90 Å². The number of hydrogen-bond acceptors (Lipinski definition) is 2. The van der Waals surface area contributed by atoms with E-state index in [4.69, 9.17) is 5.73 Å². The van der Waals surface area contributed by atoms with Crippen LogP contribution in [0.5, 0.6) is 0 Å². The molecule has 2 rings (SSSR count). The smallest absolute Gasteiger partial charge is 0.144 e. The molecule has 0 aromatic heterocycles. The van der Waals surface area contributed by atoms with Crippen LogP contribution in [0.2, 0.25) is 0 Å². The number of benzene rings is 1. The van der Waals surface area contributed by atoms with Gasteiger partial charge in [-0.25, -0.2) is 8.78 Å². The topological polar surface area (TPSA) is 29.3 Å². The molecule has 1 heterocycles. The van der Waals surface area contributed by atoms with Crippen LogP contribution in [-0.4, -0.2) is 24.0 Å². The van der Waals surface area contributed by atoms with Gasteiger partial charge in [0, 0.05) is 24.7 Å². The first-order chi connectivity index (χ1) is 8.13. The minimum absolute atomic E-state index is 0. The van der Waals surface area contributed by atoms with Crippen LogP contribution < -0.4 is 5.73 Å². The highest BCUT2D eigenvalue weighted by Crippen LogP contribution is 2.26. The van der Waals surface area contributed by atoms with Gasteiger partial charge in [0.1, 0.15) is 11.6 Å². The number of rotatable bonds is 3. The molecule has 1 atom stereocenters. The lowest BCUT2D eigenvalue weighted by Gasteiger charge is -2.23. The van der Waals surface area contributed by atoms with E-state index in [9.17, 15) is 8.78 Å². The molecule has 1 saturated heterocycles. The Morgan fingerprint density at radius 3 is 2.78 bits per heavy atom. The average molecular weight is 342 g/mol. The van der Waals surface area contributed by atoms with Crippen LogP contribution in [0.4, 0.5) is 8.78 Å². The van der Waals surface area contributed by atoms with Crippen molar-refractivity contribution >= 4 is 28.3 Å². The maximum atomic E-state index is 13.8. The predicted molar refractivity (Wildman–Crippen MR) is 73.8 cm³/mol. The summed E-state index contributed by atoms with van der Waals surface area (Å²) in [5, 5.41) is 0. The molecule has 2 N–H and O–H groups in total. The average Bonchev–Trinajstić information content (AvgIpc) is 2.77. The third kappa shape index (κ3) is 3.20. The molecule has 1 aromatic rings. The molecule has 0 bridgehead atoms. The fraction of sp³-hybridized carbons (Fsp3) is 0.500. The molecular formula is C12H16BrClF2N2. The van der Waals surface area contributed by atoms with Crippen molar-refractivity contribution in [1.29, 1.82) is 0 Å². The first kappa shape index (κ1) is 15.8. The maximum absolute atomic E-state index is 13.8. The van der Waals surface area contributed by atoms with Crippen molar-refractivity contribution in [1.82, 2.24) is 4.90 Å². The molecule has 102 valence electrons. The van der Waals surface area contributed by atoms with Gasteiger partial charge in [0.15, 0.2) is 0 Å². The molecule has 0 spiro atoms. The van der Waals surface area contributed by atoms with Gasteiger partial charge in [0.05, 0.1) is 4.47 Å². The highest BCUT2D eigenvalue weighted by Gasteiger charge is 2.25. The summed E-state index contributed by atoms with van der Waals surface area (Å²) in [5.41, 5.74) is 5.77. The summed E-state index contributed by atoms with van der Waals surface area (Å²) in [7, 11) is 0. The van der Waals surface area contributed by atoms with Crippen LogP contribution >= 0.6 is 28.3 Å². The van der Waals surface area contributed by atoms with Crippen LogP contribution in [0.1, 0.15) is 18.4 Å². The van der Waals surface area contributed by atoms with E-state index in [1.807, 2.05) is 4.90 Å². The van der Waals surface area contributed by atoms with Gasteiger partial charge in [0.25, 0.3) is 0 Å². The second-order valence-corrected chi connectivity index (χ2v) is 5.18. The largest absolute Gasteiger partial charge is 0.329 e. The lowest BCUT2D eigenvalue weighted by Crippen LogP contribution is -2.35. The van der Waals surface area contributed by atoms with Gasteiger partial charge in [-0.05, 0) is 47.4 Å². The van der Waals surface area contributed by atoms with Crippen LogP contribution in [0.25, 0.3) is 0 Å². The first-order valence-corrected chi connectivity index (χ1v) is 6.49. The minimum Gasteiger partial charge on any atom is -0.329 e. The minimum atomic E-state index is -0.507. The van der Waals surface area contributed by atoms with Crippen molar-refractivity contribution in [3.05, 3.63) is 33.8 Å². The molecule has 1 fully saturated rings. The van der Waals surface area contributed by atoms with E-state index in [2.05, 4.69) is 15.9 Å². The SMILES string of the molecule is Cl.NCC1CCCN1Cc1c(F)ccc(Br)c1F. The van der Waals surface area contributed by atoms with Crippen LogP contribution in [0, 0.1) is 11.6 Å². The quantitative estimate of drug-likeness (QED) is 0.856. The monoisotopic (exact) mass is 340 g/mol. The Kier molecular flexibility index (Phi) is 5.98. The zero-order chi connectivity index (χ0) is 12.4. The summed E-state index contributed by atoms with van der Waals surface area (Å²) in [4.78, 5) is 2.05. The highest BCUT2D eigenvalue weighted by atomic mass is 79.9. The van der Waals surface area contributed by atoms with Crippen LogP contribution in [0.15, 0.2) is 16.6 Å². The highest BCUT2D eigenvalue weighted by molar-refractivity contribution is 9.10. The van der Waals surface area contributed by atoms with Gasteiger partial charge in [-0.2, -0.15) is 0 Å². The fourth-order valence-electron chi connectivity index (χ4n) is 2.29. The summed E-state index contributed by atoms with van der Waals surface area (Å²) in [5.74, 6) is -0.999. The van der Waals surface area contributed by atoms with E-state index in [-0.39, 0.29) is 24.0 Å². The Morgan fingerprint density at radius 2 is 2.11 bits per heavy atom. The molecule has 1 aromatic carbocycles. The van der Waals surface area contributed by atoms with Crippen molar-refractivity contribution in [2.75, 3.05) is 13.1 Å². The standard InChI is InChI=1S/C12H15BrF2N2.ClH/c13-10-3-4-11(14)9(12(10)15)7-17-5-1-2-8(17)6-16;/h3-4,8H,1-2,5-7,16H2;1H.